The lowest BCUT2D eigenvalue weighted by Crippen LogP contribution is -2.09. The van der Waals surface area contributed by atoms with Crippen molar-refractivity contribution >= 4 is 23.3 Å². The number of carbonyl (C=O) groups is 1. The minimum atomic E-state index is -0.982. The Kier molecular flexibility index (Phi) is 8.79. The molecule has 0 aliphatic rings. The highest BCUT2D eigenvalue weighted by Crippen LogP contribution is 2.31. The van der Waals surface area contributed by atoms with E-state index in [0.29, 0.717) is 5.75 Å². The first kappa shape index (κ1) is 27.0. The quantitative estimate of drug-likeness (QED) is 0.179. The van der Waals surface area contributed by atoms with Crippen molar-refractivity contribution in [1.82, 2.24) is 0 Å². The Morgan fingerprint density at radius 1 is 0.700 bits per heavy atom. The number of thioether (sulfide) groups is 1. The van der Waals surface area contributed by atoms with Crippen LogP contribution in [0.4, 0.5) is 0 Å². The Morgan fingerprint density at radius 3 is 1.68 bits per heavy atom. The number of aryl methyl sites for hydroxylation is 1. The van der Waals surface area contributed by atoms with E-state index in [9.17, 15) is 4.79 Å². The van der Waals surface area contributed by atoms with Crippen LogP contribution < -0.4 is 4.74 Å². The topological polar surface area (TPSA) is 46.5 Å². The summed E-state index contributed by atoms with van der Waals surface area (Å²) < 4.78 is 5.37. The van der Waals surface area contributed by atoms with Crippen molar-refractivity contribution in [3.63, 3.8) is 0 Å². The van der Waals surface area contributed by atoms with Gasteiger partial charge < -0.3 is 9.84 Å². The standard InChI is InChI=1S/C36H30O3S/c1-26-24-33(20-21-35(26)39-25-36(37)38)40-23-22-34(31-16-12-29(13-17-31)27-8-4-2-5-9-27)32-18-14-30(15-19-32)28-10-6-3-7-11-28/h2-22,24H,23,25H2,1H3,(H,37,38). The molecule has 3 nitrogen and oxygen atoms in total. The Bertz CT molecular complexity index is 1510. The van der Waals surface area contributed by atoms with Crippen molar-refractivity contribution in [3.05, 3.63) is 150 Å². The Morgan fingerprint density at radius 2 is 1.20 bits per heavy atom. The summed E-state index contributed by atoms with van der Waals surface area (Å²) in [7, 11) is 0. The second-order valence-electron chi connectivity index (χ2n) is 9.43. The van der Waals surface area contributed by atoms with Crippen LogP contribution in [0.15, 0.2) is 138 Å². The number of ether oxygens (including phenoxy) is 1. The molecule has 0 fully saturated rings. The zero-order chi connectivity index (χ0) is 27.7. The highest BCUT2D eigenvalue weighted by Gasteiger charge is 2.09. The molecule has 5 rings (SSSR count). The first-order valence-corrected chi connectivity index (χ1v) is 14.2. The van der Waals surface area contributed by atoms with Gasteiger partial charge in [-0.15, -0.1) is 11.8 Å². The van der Waals surface area contributed by atoms with Gasteiger partial charge in [0.1, 0.15) is 5.75 Å². The third kappa shape index (κ3) is 6.90. The van der Waals surface area contributed by atoms with E-state index in [1.807, 2.05) is 37.3 Å². The van der Waals surface area contributed by atoms with Crippen molar-refractivity contribution in [2.24, 2.45) is 0 Å². The van der Waals surface area contributed by atoms with Crippen LogP contribution in [0.3, 0.4) is 0 Å². The molecular formula is C36H30O3S. The van der Waals surface area contributed by atoms with Crippen LogP contribution in [0.25, 0.3) is 27.8 Å². The van der Waals surface area contributed by atoms with Crippen LogP contribution >= 0.6 is 11.8 Å². The summed E-state index contributed by atoms with van der Waals surface area (Å²) in [6.07, 6.45) is 2.28. The van der Waals surface area contributed by atoms with E-state index >= 15 is 0 Å². The molecule has 1 N–H and O–H groups in total. The lowest BCUT2D eigenvalue weighted by molar-refractivity contribution is -0.139. The van der Waals surface area contributed by atoms with Gasteiger partial charge in [0, 0.05) is 10.6 Å². The van der Waals surface area contributed by atoms with E-state index in [2.05, 4.69) is 103 Å². The molecular weight excluding hydrogens is 512 g/mol. The largest absolute Gasteiger partial charge is 0.482 e. The molecule has 40 heavy (non-hydrogen) atoms. The molecule has 5 aromatic carbocycles. The molecule has 0 heterocycles. The van der Waals surface area contributed by atoms with Crippen LogP contribution in [0, 0.1) is 6.92 Å². The summed E-state index contributed by atoms with van der Waals surface area (Å²) in [5.74, 6) is 0.398. The minimum Gasteiger partial charge on any atom is -0.482 e. The maximum atomic E-state index is 10.8. The number of hydrogen-bond acceptors (Lipinski definition) is 3. The lowest BCUT2D eigenvalue weighted by atomic mass is 9.94. The van der Waals surface area contributed by atoms with Gasteiger partial charge in [0.15, 0.2) is 6.61 Å². The smallest absolute Gasteiger partial charge is 0.341 e. The lowest BCUT2D eigenvalue weighted by Gasteiger charge is -2.12. The van der Waals surface area contributed by atoms with E-state index in [1.165, 1.54) is 39.0 Å². The maximum absolute atomic E-state index is 10.8. The molecule has 0 amide bonds. The molecule has 0 spiro atoms. The monoisotopic (exact) mass is 542 g/mol. The summed E-state index contributed by atoms with van der Waals surface area (Å²) in [5.41, 5.74) is 9.23. The van der Waals surface area contributed by atoms with Crippen molar-refractivity contribution in [1.29, 1.82) is 0 Å². The van der Waals surface area contributed by atoms with Crippen LogP contribution in [0.1, 0.15) is 16.7 Å². The van der Waals surface area contributed by atoms with E-state index in [-0.39, 0.29) is 6.61 Å². The third-order valence-corrected chi connectivity index (χ3v) is 7.56. The minimum absolute atomic E-state index is 0.342. The zero-order valence-electron chi connectivity index (χ0n) is 22.3. The van der Waals surface area contributed by atoms with Gasteiger partial charge in [-0.3, -0.25) is 0 Å². The van der Waals surface area contributed by atoms with Gasteiger partial charge >= 0.3 is 5.97 Å². The molecule has 5 aromatic rings. The van der Waals surface area contributed by atoms with Gasteiger partial charge in [-0.05, 0) is 69.6 Å². The fourth-order valence-corrected chi connectivity index (χ4v) is 5.45. The molecule has 0 unspecified atom stereocenters. The third-order valence-electron chi connectivity index (χ3n) is 6.64. The van der Waals surface area contributed by atoms with Crippen molar-refractivity contribution < 1.29 is 14.6 Å². The van der Waals surface area contributed by atoms with E-state index in [4.69, 9.17) is 9.84 Å². The average Bonchev–Trinajstić information content (AvgIpc) is 3.00. The summed E-state index contributed by atoms with van der Waals surface area (Å²) >= 11 is 1.74. The van der Waals surface area contributed by atoms with E-state index in [1.54, 1.807) is 11.8 Å². The molecule has 0 aromatic heterocycles. The maximum Gasteiger partial charge on any atom is 0.341 e. The first-order chi connectivity index (χ1) is 19.6. The number of carboxylic acid groups (broad SMARTS) is 1. The second-order valence-corrected chi connectivity index (χ2v) is 10.5. The van der Waals surface area contributed by atoms with E-state index < -0.39 is 5.97 Å². The Balaban J connectivity index is 1.40. The van der Waals surface area contributed by atoms with Gasteiger partial charge in [0.2, 0.25) is 0 Å². The van der Waals surface area contributed by atoms with Gasteiger partial charge in [-0.25, -0.2) is 4.79 Å². The van der Waals surface area contributed by atoms with Gasteiger partial charge in [-0.2, -0.15) is 0 Å². The molecule has 0 aliphatic heterocycles. The molecule has 0 saturated heterocycles. The van der Waals surface area contributed by atoms with Crippen LogP contribution in [0.2, 0.25) is 0 Å². The highest BCUT2D eigenvalue weighted by molar-refractivity contribution is 7.99. The number of benzene rings is 5. The summed E-state index contributed by atoms with van der Waals surface area (Å²) in [5, 5.41) is 8.89. The van der Waals surface area contributed by atoms with Crippen LogP contribution in [-0.2, 0) is 4.79 Å². The average molecular weight is 543 g/mol. The van der Waals surface area contributed by atoms with Crippen LogP contribution in [-0.4, -0.2) is 23.4 Å². The molecule has 0 radical (unpaired) electrons. The fourth-order valence-electron chi connectivity index (χ4n) is 4.58. The molecule has 0 bridgehead atoms. The SMILES string of the molecule is Cc1cc(SCC=C(c2ccc(-c3ccccc3)cc2)c2ccc(-c3ccccc3)cc2)ccc1OCC(=O)O. The second kappa shape index (κ2) is 13.0. The molecule has 0 atom stereocenters. The molecule has 4 heteroatoms. The summed E-state index contributed by atoms with van der Waals surface area (Å²) in [6, 6.07) is 44.2. The Hall–Kier alpha value is -4.54. The van der Waals surface area contributed by atoms with E-state index in [0.717, 1.165) is 16.2 Å². The number of aliphatic carboxylic acids is 1. The number of rotatable bonds is 10. The number of hydrogen-bond donors (Lipinski definition) is 1. The molecule has 0 saturated carbocycles. The molecule has 0 aliphatic carbocycles. The normalized spacial score (nSPS) is 10.6. The van der Waals surface area contributed by atoms with Gasteiger partial charge in [-0.1, -0.05) is 115 Å². The Labute approximate surface area is 239 Å². The van der Waals surface area contributed by atoms with Gasteiger partial charge in [0.05, 0.1) is 0 Å². The van der Waals surface area contributed by atoms with Crippen molar-refractivity contribution in [3.8, 4) is 28.0 Å². The molecule has 198 valence electrons. The highest BCUT2D eigenvalue weighted by atomic mass is 32.2. The predicted molar refractivity (Wildman–Crippen MR) is 166 cm³/mol. The first-order valence-electron chi connectivity index (χ1n) is 13.2. The summed E-state index contributed by atoms with van der Waals surface area (Å²) in [6.45, 7) is 1.59. The van der Waals surface area contributed by atoms with Crippen LogP contribution in [0.5, 0.6) is 5.75 Å². The predicted octanol–water partition coefficient (Wildman–Crippen LogP) is 9.02. The number of carboxylic acids is 1. The fraction of sp³-hybridized carbons (Fsp3) is 0.0833. The van der Waals surface area contributed by atoms with Gasteiger partial charge in [0.25, 0.3) is 0 Å². The zero-order valence-corrected chi connectivity index (χ0v) is 23.1. The summed E-state index contributed by atoms with van der Waals surface area (Å²) in [4.78, 5) is 11.9. The van der Waals surface area contributed by atoms with Crippen molar-refractivity contribution in [2.45, 2.75) is 11.8 Å². The van der Waals surface area contributed by atoms with Crippen molar-refractivity contribution in [2.75, 3.05) is 12.4 Å².